The van der Waals surface area contributed by atoms with Gasteiger partial charge in [-0.3, -0.25) is 4.79 Å². The molecule has 0 fully saturated rings. The number of halogens is 1. The van der Waals surface area contributed by atoms with E-state index in [0.717, 1.165) is 32.7 Å². The first-order valence-corrected chi connectivity index (χ1v) is 11.3. The van der Waals surface area contributed by atoms with Crippen molar-refractivity contribution in [3.63, 3.8) is 0 Å². The lowest BCUT2D eigenvalue weighted by Gasteiger charge is -2.36. The van der Waals surface area contributed by atoms with E-state index in [0.29, 0.717) is 10.6 Å². The predicted octanol–water partition coefficient (Wildman–Crippen LogP) is 7.82. The minimum absolute atomic E-state index is 0.453. The summed E-state index contributed by atoms with van der Waals surface area (Å²) in [6, 6.07) is 35.8. The van der Waals surface area contributed by atoms with Gasteiger partial charge in [0.05, 0.1) is 0 Å². The fourth-order valence-corrected chi connectivity index (χ4v) is 5.21. The maximum absolute atomic E-state index is 13.2. The van der Waals surface area contributed by atoms with Gasteiger partial charge in [0.25, 0.3) is 0 Å². The number of carbonyl (C=O) groups is 1. The van der Waals surface area contributed by atoms with E-state index in [1.165, 1.54) is 0 Å². The second-order valence-electron chi connectivity index (χ2n) is 8.59. The van der Waals surface area contributed by atoms with Crippen LogP contribution in [-0.2, 0) is 10.2 Å². The highest BCUT2D eigenvalue weighted by molar-refractivity contribution is 6.30. The quantitative estimate of drug-likeness (QED) is 0.296. The highest BCUT2D eigenvalue weighted by Crippen LogP contribution is 2.48. The molecule has 1 unspecified atom stereocenters. The molecule has 0 radical (unpaired) electrons. The van der Waals surface area contributed by atoms with Crippen LogP contribution in [0.3, 0.4) is 0 Å². The molecule has 0 aromatic heterocycles. The number of benzene rings is 5. The van der Waals surface area contributed by atoms with E-state index in [9.17, 15) is 9.90 Å². The van der Waals surface area contributed by atoms with Crippen molar-refractivity contribution < 1.29 is 9.90 Å². The highest BCUT2D eigenvalue weighted by Gasteiger charge is 2.46. The lowest BCUT2D eigenvalue weighted by atomic mass is 9.64. The number of fused-ring (bicyclic) bond motifs is 2. The molecule has 1 atom stereocenters. The van der Waals surface area contributed by atoms with Crippen LogP contribution in [0.1, 0.15) is 29.5 Å². The lowest BCUT2D eigenvalue weighted by Crippen LogP contribution is -2.39. The lowest BCUT2D eigenvalue weighted by molar-refractivity contribution is -0.143. The van der Waals surface area contributed by atoms with Crippen molar-refractivity contribution in [1.82, 2.24) is 0 Å². The van der Waals surface area contributed by atoms with E-state index < -0.39 is 17.3 Å². The SMILES string of the molecule is CC(C(=O)O)(c1cccc(Cl)c1)C(c1cccc2ccccc12)c1cccc2ccccc12. The summed E-state index contributed by atoms with van der Waals surface area (Å²) in [6.45, 7) is 1.81. The molecule has 0 bridgehead atoms. The standard InChI is InChI=1S/C30H23ClO2/c1-30(29(32)33,22-13-8-14-23(31)19-22)28(26-17-6-11-20-9-2-4-15-24(20)26)27-18-7-12-21-10-3-5-16-25(21)27/h2-19,28H,1H3,(H,32,33). The Bertz CT molecular complexity index is 1400. The van der Waals surface area contributed by atoms with Gasteiger partial charge < -0.3 is 5.11 Å². The molecule has 5 rings (SSSR count). The Labute approximate surface area is 198 Å². The van der Waals surface area contributed by atoms with Gasteiger partial charge in [-0.15, -0.1) is 0 Å². The van der Waals surface area contributed by atoms with Crippen LogP contribution in [0.15, 0.2) is 109 Å². The Kier molecular flexibility index (Phi) is 5.39. The Morgan fingerprint density at radius 3 is 1.73 bits per heavy atom. The maximum atomic E-state index is 13.2. The average Bonchev–Trinajstić information content (AvgIpc) is 2.84. The summed E-state index contributed by atoms with van der Waals surface area (Å²) < 4.78 is 0. The van der Waals surface area contributed by atoms with Crippen LogP contribution in [-0.4, -0.2) is 11.1 Å². The Morgan fingerprint density at radius 2 is 1.21 bits per heavy atom. The van der Waals surface area contributed by atoms with Crippen molar-refractivity contribution in [3.8, 4) is 0 Å². The zero-order chi connectivity index (χ0) is 23.0. The molecule has 3 heteroatoms. The fourth-order valence-electron chi connectivity index (χ4n) is 5.02. The van der Waals surface area contributed by atoms with E-state index in [2.05, 4.69) is 48.5 Å². The molecule has 5 aromatic carbocycles. The van der Waals surface area contributed by atoms with Gasteiger partial charge in [-0.05, 0) is 57.3 Å². The van der Waals surface area contributed by atoms with E-state index >= 15 is 0 Å². The molecule has 0 saturated heterocycles. The first-order chi connectivity index (χ1) is 16.0. The molecule has 33 heavy (non-hydrogen) atoms. The molecule has 0 saturated carbocycles. The van der Waals surface area contributed by atoms with Crippen molar-refractivity contribution in [2.24, 2.45) is 0 Å². The Balaban J connectivity index is 1.91. The van der Waals surface area contributed by atoms with Gasteiger partial charge in [0.2, 0.25) is 0 Å². The number of carboxylic acid groups (broad SMARTS) is 1. The molecule has 162 valence electrons. The van der Waals surface area contributed by atoms with E-state index in [1.54, 1.807) is 12.1 Å². The second-order valence-corrected chi connectivity index (χ2v) is 9.02. The van der Waals surface area contributed by atoms with Gasteiger partial charge in [-0.25, -0.2) is 0 Å². The third kappa shape index (κ3) is 3.57. The maximum Gasteiger partial charge on any atom is 0.314 e. The first kappa shape index (κ1) is 21.2. The van der Waals surface area contributed by atoms with Crippen molar-refractivity contribution in [2.45, 2.75) is 18.3 Å². The summed E-state index contributed by atoms with van der Waals surface area (Å²) in [7, 11) is 0. The van der Waals surface area contributed by atoms with Crippen molar-refractivity contribution in [1.29, 1.82) is 0 Å². The van der Waals surface area contributed by atoms with E-state index in [1.807, 2.05) is 55.5 Å². The minimum Gasteiger partial charge on any atom is -0.481 e. The van der Waals surface area contributed by atoms with Crippen LogP contribution in [0.4, 0.5) is 0 Å². The summed E-state index contributed by atoms with van der Waals surface area (Å²) >= 11 is 6.35. The largest absolute Gasteiger partial charge is 0.481 e. The van der Waals surface area contributed by atoms with Crippen molar-refractivity contribution >= 4 is 39.1 Å². The van der Waals surface area contributed by atoms with E-state index in [4.69, 9.17) is 11.6 Å². The first-order valence-electron chi connectivity index (χ1n) is 10.9. The smallest absolute Gasteiger partial charge is 0.314 e. The molecular weight excluding hydrogens is 428 g/mol. The summed E-state index contributed by atoms with van der Waals surface area (Å²) in [5.41, 5.74) is 1.37. The molecule has 0 amide bonds. The third-order valence-electron chi connectivity index (χ3n) is 6.71. The molecular formula is C30H23ClO2. The average molecular weight is 451 g/mol. The van der Waals surface area contributed by atoms with Crippen LogP contribution in [0.5, 0.6) is 0 Å². The van der Waals surface area contributed by atoms with Gasteiger partial charge in [0.1, 0.15) is 5.41 Å². The second kappa shape index (κ2) is 8.38. The third-order valence-corrected chi connectivity index (χ3v) is 6.95. The summed E-state index contributed by atoms with van der Waals surface area (Å²) in [6.07, 6.45) is 0. The summed E-state index contributed by atoms with van der Waals surface area (Å²) in [4.78, 5) is 13.2. The molecule has 0 spiro atoms. The Morgan fingerprint density at radius 1 is 0.727 bits per heavy atom. The van der Waals surface area contributed by atoms with Crippen LogP contribution < -0.4 is 0 Å². The van der Waals surface area contributed by atoms with Crippen LogP contribution in [0, 0.1) is 0 Å². The van der Waals surface area contributed by atoms with Gasteiger partial charge in [0.15, 0.2) is 0 Å². The summed E-state index contributed by atoms with van der Waals surface area (Å²) in [5, 5.41) is 15.6. The molecule has 2 nitrogen and oxygen atoms in total. The monoisotopic (exact) mass is 450 g/mol. The topological polar surface area (TPSA) is 37.3 Å². The highest BCUT2D eigenvalue weighted by atomic mass is 35.5. The molecule has 0 heterocycles. The van der Waals surface area contributed by atoms with E-state index in [-0.39, 0.29) is 0 Å². The van der Waals surface area contributed by atoms with Crippen molar-refractivity contribution in [3.05, 3.63) is 131 Å². The number of carboxylic acids is 1. The number of rotatable bonds is 5. The fraction of sp³-hybridized carbons (Fsp3) is 0.100. The minimum atomic E-state index is -1.26. The Hall–Kier alpha value is -3.62. The number of hydrogen-bond donors (Lipinski definition) is 1. The van der Waals surface area contributed by atoms with Crippen molar-refractivity contribution in [2.75, 3.05) is 0 Å². The molecule has 1 N–H and O–H groups in total. The number of hydrogen-bond acceptors (Lipinski definition) is 1. The van der Waals surface area contributed by atoms with Crippen LogP contribution in [0.25, 0.3) is 21.5 Å². The van der Waals surface area contributed by atoms with Gasteiger partial charge in [-0.2, -0.15) is 0 Å². The number of aliphatic carboxylic acids is 1. The van der Waals surface area contributed by atoms with Gasteiger partial charge >= 0.3 is 5.97 Å². The molecule has 0 aliphatic carbocycles. The normalized spacial score (nSPS) is 13.3. The molecule has 0 aliphatic heterocycles. The molecule has 5 aromatic rings. The molecule has 0 aliphatic rings. The van der Waals surface area contributed by atoms with Crippen LogP contribution >= 0.6 is 11.6 Å². The van der Waals surface area contributed by atoms with Gasteiger partial charge in [0, 0.05) is 10.9 Å². The van der Waals surface area contributed by atoms with Gasteiger partial charge in [-0.1, -0.05) is 109 Å². The summed E-state index contributed by atoms with van der Waals surface area (Å²) in [5.74, 6) is -1.35. The predicted molar refractivity (Wildman–Crippen MR) is 136 cm³/mol. The zero-order valence-electron chi connectivity index (χ0n) is 18.2. The van der Waals surface area contributed by atoms with Crippen LogP contribution in [0.2, 0.25) is 5.02 Å². The zero-order valence-corrected chi connectivity index (χ0v) is 19.0.